The number of pyridine rings is 2. The number of hydrogen-bond acceptors (Lipinski definition) is 5. The average molecular weight is 407 g/mol. The van der Waals surface area contributed by atoms with Gasteiger partial charge in [0.1, 0.15) is 5.82 Å². The molecule has 0 atom stereocenters. The predicted molar refractivity (Wildman–Crippen MR) is 119 cm³/mol. The molecule has 4 rings (SSSR count). The van der Waals surface area contributed by atoms with Crippen molar-refractivity contribution in [3.8, 4) is 11.1 Å². The lowest BCUT2D eigenvalue weighted by molar-refractivity contribution is -0.121. The van der Waals surface area contributed by atoms with E-state index >= 15 is 0 Å². The maximum Gasteiger partial charge on any atom is 0.228 e. The van der Waals surface area contributed by atoms with E-state index in [0.29, 0.717) is 5.82 Å². The second kappa shape index (κ2) is 8.14. The Kier molecular flexibility index (Phi) is 5.56. The fourth-order valence-electron chi connectivity index (χ4n) is 4.08. The van der Waals surface area contributed by atoms with Crippen LogP contribution in [0.15, 0.2) is 36.9 Å². The van der Waals surface area contributed by atoms with Crippen molar-refractivity contribution in [2.24, 2.45) is 18.4 Å². The highest BCUT2D eigenvalue weighted by Crippen LogP contribution is 2.25. The molecule has 7 heteroatoms. The highest BCUT2D eigenvalue weighted by molar-refractivity contribution is 5.94. The lowest BCUT2D eigenvalue weighted by Crippen LogP contribution is -2.41. The maximum absolute atomic E-state index is 12.8. The van der Waals surface area contributed by atoms with E-state index < -0.39 is 0 Å². The van der Waals surface area contributed by atoms with E-state index in [2.05, 4.69) is 52.1 Å². The Labute approximate surface area is 177 Å². The molecule has 1 N–H and O–H groups in total. The molecular formula is C23H30N6O. The van der Waals surface area contributed by atoms with Gasteiger partial charge in [-0.15, -0.1) is 0 Å². The number of likely N-dealkylation sites (tertiary alicyclic amines) is 1. The quantitative estimate of drug-likeness (QED) is 0.715. The molecule has 1 aliphatic heterocycles. The van der Waals surface area contributed by atoms with Crippen LogP contribution in [-0.2, 0) is 11.8 Å². The molecule has 0 aliphatic carbocycles. The zero-order valence-electron chi connectivity index (χ0n) is 18.2. The third-order valence-electron chi connectivity index (χ3n) is 5.51. The van der Waals surface area contributed by atoms with Crippen molar-refractivity contribution in [3.05, 3.63) is 36.9 Å². The van der Waals surface area contributed by atoms with Crippen LogP contribution in [0.3, 0.4) is 0 Å². The summed E-state index contributed by atoms with van der Waals surface area (Å²) in [7, 11) is 1.89. The number of rotatable bonds is 4. The predicted octanol–water partition coefficient (Wildman–Crippen LogP) is 3.73. The summed E-state index contributed by atoms with van der Waals surface area (Å²) in [5, 5.41) is 8.19. The summed E-state index contributed by atoms with van der Waals surface area (Å²) in [4.78, 5) is 24.1. The molecule has 0 saturated carbocycles. The van der Waals surface area contributed by atoms with Crippen LogP contribution in [0.1, 0.15) is 33.6 Å². The minimum Gasteiger partial charge on any atom is -0.310 e. The van der Waals surface area contributed by atoms with Crippen molar-refractivity contribution in [2.75, 3.05) is 25.0 Å². The van der Waals surface area contributed by atoms with Crippen LogP contribution in [0.25, 0.3) is 22.0 Å². The van der Waals surface area contributed by atoms with Crippen LogP contribution in [0.2, 0.25) is 0 Å². The zero-order valence-corrected chi connectivity index (χ0v) is 18.2. The summed E-state index contributed by atoms with van der Waals surface area (Å²) in [6.07, 6.45) is 9.09. The molecule has 4 heterocycles. The van der Waals surface area contributed by atoms with Gasteiger partial charge in [0.2, 0.25) is 5.91 Å². The van der Waals surface area contributed by atoms with E-state index in [4.69, 9.17) is 0 Å². The molecule has 0 unspecified atom stereocenters. The fourth-order valence-corrected chi connectivity index (χ4v) is 4.08. The molecule has 0 spiro atoms. The highest BCUT2D eigenvalue weighted by atomic mass is 16.1. The number of piperidine rings is 1. The Morgan fingerprint density at radius 1 is 1.10 bits per heavy atom. The van der Waals surface area contributed by atoms with Crippen LogP contribution >= 0.6 is 0 Å². The zero-order chi connectivity index (χ0) is 21.3. The first-order chi connectivity index (χ1) is 14.3. The van der Waals surface area contributed by atoms with E-state index in [1.807, 2.05) is 31.7 Å². The van der Waals surface area contributed by atoms with E-state index in [-0.39, 0.29) is 17.2 Å². The lowest BCUT2D eigenvalue weighted by Gasteiger charge is -2.35. The summed E-state index contributed by atoms with van der Waals surface area (Å²) in [5.74, 6) is 0.682. The van der Waals surface area contributed by atoms with Gasteiger partial charge in [0, 0.05) is 48.4 Å². The summed E-state index contributed by atoms with van der Waals surface area (Å²) >= 11 is 0. The van der Waals surface area contributed by atoms with E-state index in [9.17, 15) is 4.79 Å². The monoisotopic (exact) mass is 406 g/mol. The van der Waals surface area contributed by atoms with Gasteiger partial charge in [0.25, 0.3) is 0 Å². The minimum absolute atomic E-state index is 0.0403. The second-order valence-electron chi connectivity index (χ2n) is 9.49. The highest BCUT2D eigenvalue weighted by Gasteiger charge is 2.27. The number of fused-ring (bicyclic) bond motifs is 1. The molecule has 30 heavy (non-hydrogen) atoms. The van der Waals surface area contributed by atoms with Crippen LogP contribution in [-0.4, -0.2) is 50.2 Å². The summed E-state index contributed by atoms with van der Waals surface area (Å²) < 4.78 is 1.77. The molecule has 3 aromatic heterocycles. The molecule has 1 fully saturated rings. The molecule has 0 radical (unpaired) electrons. The Balaban J connectivity index is 1.43. The average Bonchev–Trinajstić information content (AvgIpc) is 3.13. The van der Waals surface area contributed by atoms with Gasteiger partial charge < -0.3 is 10.2 Å². The largest absolute Gasteiger partial charge is 0.310 e. The van der Waals surface area contributed by atoms with Crippen molar-refractivity contribution in [1.82, 2.24) is 24.6 Å². The van der Waals surface area contributed by atoms with Crippen LogP contribution in [0.4, 0.5) is 5.82 Å². The number of carbonyl (C=O) groups is 1. The normalized spacial score (nSPS) is 16.1. The minimum atomic E-state index is 0.0403. The van der Waals surface area contributed by atoms with Gasteiger partial charge in [-0.05, 0) is 43.5 Å². The van der Waals surface area contributed by atoms with Crippen molar-refractivity contribution in [3.63, 3.8) is 0 Å². The summed E-state index contributed by atoms with van der Waals surface area (Å²) in [5.41, 5.74) is 3.09. The molecule has 1 saturated heterocycles. The topological polar surface area (TPSA) is 75.9 Å². The van der Waals surface area contributed by atoms with Gasteiger partial charge >= 0.3 is 0 Å². The van der Waals surface area contributed by atoms with Gasteiger partial charge in [0.15, 0.2) is 0 Å². The first-order valence-corrected chi connectivity index (χ1v) is 10.5. The van der Waals surface area contributed by atoms with Gasteiger partial charge in [0.05, 0.1) is 17.9 Å². The Hall–Kier alpha value is -2.80. The van der Waals surface area contributed by atoms with Crippen molar-refractivity contribution in [2.45, 2.75) is 33.6 Å². The summed E-state index contributed by atoms with van der Waals surface area (Å²) in [6.45, 7) is 9.78. The van der Waals surface area contributed by atoms with Crippen LogP contribution < -0.4 is 5.32 Å². The smallest absolute Gasteiger partial charge is 0.228 e. The maximum atomic E-state index is 12.8. The van der Waals surface area contributed by atoms with Crippen LogP contribution in [0, 0.1) is 11.3 Å². The number of amides is 1. The fraction of sp³-hybridized carbons (Fsp3) is 0.478. The first kappa shape index (κ1) is 20.5. The standard InChI is InChI=1S/C23H30N6O/c1-23(2,3)15-29-7-5-16(6-8-29)22(30)27-21-10-17-9-18(11-24-20(17)13-25-21)19-12-26-28(4)14-19/h9-14,16H,5-8,15H2,1-4H3,(H,25,27,30). The van der Waals surface area contributed by atoms with E-state index in [1.165, 1.54) is 0 Å². The third-order valence-corrected chi connectivity index (χ3v) is 5.51. The number of hydrogen-bond donors (Lipinski definition) is 1. The number of carbonyl (C=O) groups excluding carboxylic acids is 1. The van der Waals surface area contributed by atoms with Crippen molar-refractivity contribution in [1.29, 1.82) is 0 Å². The first-order valence-electron chi connectivity index (χ1n) is 10.5. The molecular weight excluding hydrogens is 376 g/mol. The molecule has 0 bridgehead atoms. The van der Waals surface area contributed by atoms with Gasteiger partial charge in [-0.3, -0.25) is 14.5 Å². The van der Waals surface area contributed by atoms with E-state index in [0.717, 1.165) is 54.5 Å². The number of nitrogens with zero attached hydrogens (tertiary/aromatic N) is 5. The number of nitrogens with one attached hydrogen (secondary N) is 1. The van der Waals surface area contributed by atoms with Gasteiger partial charge in [-0.25, -0.2) is 4.98 Å². The number of anilines is 1. The van der Waals surface area contributed by atoms with Gasteiger partial charge in [-0.1, -0.05) is 20.8 Å². The molecule has 1 amide bonds. The number of aryl methyl sites for hydroxylation is 1. The Bertz CT molecular complexity index is 1040. The molecule has 3 aromatic rings. The van der Waals surface area contributed by atoms with Crippen molar-refractivity contribution < 1.29 is 4.79 Å². The molecule has 7 nitrogen and oxygen atoms in total. The molecule has 0 aromatic carbocycles. The Morgan fingerprint density at radius 3 is 2.53 bits per heavy atom. The van der Waals surface area contributed by atoms with Crippen molar-refractivity contribution >= 4 is 22.6 Å². The van der Waals surface area contributed by atoms with Gasteiger partial charge in [-0.2, -0.15) is 5.10 Å². The Morgan fingerprint density at radius 2 is 1.87 bits per heavy atom. The second-order valence-corrected chi connectivity index (χ2v) is 9.49. The lowest BCUT2D eigenvalue weighted by atomic mass is 9.91. The molecule has 158 valence electrons. The summed E-state index contributed by atoms with van der Waals surface area (Å²) in [6, 6.07) is 3.95. The molecule has 1 aliphatic rings. The number of aromatic nitrogens is 4. The third kappa shape index (κ3) is 4.84. The van der Waals surface area contributed by atoms with E-state index in [1.54, 1.807) is 10.9 Å². The SMILES string of the molecule is Cn1cc(-c2cnc3cnc(NC(=O)C4CCN(CC(C)(C)C)CC4)cc3c2)cn1. The van der Waals surface area contributed by atoms with Crippen LogP contribution in [0.5, 0.6) is 0 Å².